The minimum absolute atomic E-state index is 0.0131. The predicted molar refractivity (Wildman–Crippen MR) is 166 cm³/mol. The van der Waals surface area contributed by atoms with Gasteiger partial charge in [-0.05, 0) is 86.6 Å². The van der Waals surface area contributed by atoms with Gasteiger partial charge >= 0.3 is 6.18 Å². The number of ether oxygens (including phenoxy) is 2. The lowest BCUT2D eigenvalue weighted by Gasteiger charge is -2.44. The van der Waals surface area contributed by atoms with E-state index >= 15 is 0 Å². The molecule has 1 aliphatic rings. The number of aromatic nitrogens is 2. The number of rotatable bonds is 15. The van der Waals surface area contributed by atoms with Gasteiger partial charge < -0.3 is 9.47 Å². The summed E-state index contributed by atoms with van der Waals surface area (Å²) in [4.78, 5) is 21.6. The molecular weight excluding hydrogens is 541 g/mol. The van der Waals surface area contributed by atoms with E-state index in [0.29, 0.717) is 37.3 Å². The van der Waals surface area contributed by atoms with Crippen LogP contribution in [0.1, 0.15) is 148 Å². The Morgan fingerprint density at radius 1 is 1.07 bits per heavy atom. The summed E-state index contributed by atoms with van der Waals surface area (Å²) in [7, 11) is 0. The van der Waals surface area contributed by atoms with E-state index in [1.54, 1.807) is 6.92 Å². The van der Waals surface area contributed by atoms with Gasteiger partial charge in [-0.1, -0.05) is 52.0 Å². The molecule has 0 radical (unpaired) electrons. The van der Waals surface area contributed by atoms with E-state index in [1.165, 1.54) is 32.0 Å². The fraction of sp³-hybridized carbons (Fsp3) is 0.794. The van der Waals surface area contributed by atoms with Crippen LogP contribution in [0.2, 0.25) is 0 Å². The van der Waals surface area contributed by atoms with Crippen molar-refractivity contribution in [2.24, 2.45) is 11.3 Å². The van der Waals surface area contributed by atoms with Crippen LogP contribution in [-0.4, -0.2) is 46.3 Å². The molecule has 5 nitrogen and oxygen atoms in total. The van der Waals surface area contributed by atoms with Crippen molar-refractivity contribution in [3.63, 3.8) is 0 Å². The van der Waals surface area contributed by atoms with Crippen LogP contribution in [0.5, 0.6) is 0 Å². The highest BCUT2D eigenvalue weighted by Gasteiger charge is 2.59. The molecule has 2 rings (SSSR count). The molecule has 0 aliphatic heterocycles. The molecule has 1 heterocycles. The zero-order chi connectivity index (χ0) is 32.1. The molecule has 42 heavy (non-hydrogen) atoms. The summed E-state index contributed by atoms with van der Waals surface area (Å²) in [5.74, 6) is 0.114. The number of allylic oxidation sites excluding steroid dienone is 1. The highest BCUT2D eigenvalue weighted by molar-refractivity contribution is 5.94. The molecule has 0 spiro atoms. The molecule has 242 valence electrons. The number of halogens is 3. The smallest absolute Gasteiger partial charge is 0.375 e. The van der Waals surface area contributed by atoms with Crippen molar-refractivity contribution < 1.29 is 27.4 Å². The van der Waals surface area contributed by atoms with Crippen LogP contribution >= 0.6 is 0 Å². The van der Waals surface area contributed by atoms with Crippen LogP contribution in [-0.2, 0) is 9.47 Å². The Labute approximate surface area is 253 Å². The number of aryl methyl sites for hydroxylation is 1. The first-order valence-electron chi connectivity index (χ1n) is 15.9. The van der Waals surface area contributed by atoms with Crippen molar-refractivity contribution in [1.82, 2.24) is 9.97 Å². The minimum Gasteiger partial charge on any atom is -0.375 e. The fourth-order valence-electron chi connectivity index (χ4n) is 5.00. The molecule has 2 atom stereocenters. The van der Waals surface area contributed by atoms with E-state index < -0.39 is 11.6 Å². The Bertz CT molecular complexity index is 977. The van der Waals surface area contributed by atoms with Crippen LogP contribution < -0.4 is 0 Å². The number of hydrogen-bond acceptors (Lipinski definition) is 5. The summed E-state index contributed by atoms with van der Waals surface area (Å²) in [5.41, 5.74) is -0.671. The summed E-state index contributed by atoms with van der Waals surface area (Å²) >= 11 is 0. The summed E-state index contributed by atoms with van der Waals surface area (Å²) in [5, 5.41) is 0. The van der Waals surface area contributed by atoms with Gasteiger partial charge in [-0.25, -0.2) is 4.98 Å². The van der Waals surface area contributed by atoms with Crippen molar-refractivity contribution in [2.75, 3.05) is 6.61 Å². The van der Waals surface area contributed by atoms with Crippen molar-refractivity contribution in [3.8, 4) is 0 Å². The van der Waals surface area contributed by atoms with E-state index in [9.17, 15) is 18.0 Å². The highest BCUT2D eigenvalue weighted by Crippen LogP contribution is 2.57. The quantitative estimate of drug-likeness (QED) is 0.188. The summed E-state index contributed by atoms with van der Waals surface area (Å²) in [6.45, 7) is 20.5. The normalized spacial score (nSPS) is 16.9. The number of hydrogen-bond donors (Lipinski definition) is 0. The molecule has 1 aliphatic carbocycles. The highest BCUT2D eigenvalue weighted by atomic mass is 19.4. The molecule has 0 aromatic carbocycles. The number of nitrogens with zero attached hydrogens (tertiary/aromatic N) is 2. The van der Waals surface area contributed by atoms with Crippen LogP contribution in [0.15, 0.2) is 11.8 Å². The second kappa shape index (κ2) is 17.5. The Kier molecular flexibility index (Phi) is 15.9. The van der Waals surface area contributed by atoms with Gasteiger partial charge in [-0.15, -0.1) is 0 Å². The van der Waals surface area contributed by atoms with E-state index in [4.69, 9.17) is 9.47 Å². The molecule has 0 N–H and O–H groups in total. The molecule has 1 fully saturated rings. The zero-order valence-electron chi connectivity index (χ0n) is 27.9. The Morgan fingerprint density at radius 2 is 1.69 bits per heavy atom. The van der Waals surface area contributed by atoms with Crippen LogP contribution in [0.4, 0.5) is 13.2 Å². The third kappa shape index (κ3) is 12.1. The van der Waals surface area contributed by atoms with E-state index in [-0.39, 0.29) is 53.6 Å². The average Bonchev–Trinajstić information content (AvgIpc) is 2.84. The number of Topliss-reactive ketones (excluding diaryl/α,β-unsaturated/α-hetero) is 1. The summed E-state index contributed by atoms with van der Waals surface area (Å²) < 4.78 is 53.3. The number of unbranched alkanes of at least 4 members (excludes halogenated alkanes) is 1. The Morgan fingerprint density at radius 3 is 2.12 bits per heavy atom. The molecule has 0 bridgehead atoms. The summed E-state index contributed by atoms with van der Waals surface area (Å²) in [6, 6.07) is 0. The lowest BCUT2D eigenvalue weighted by Crippen LogP contribution is -2.44. The number of alkyl halides is 3. The van der Waals surface area contributed by atoms with Crippen molar-refractivity contribution in [3.05, 3.63) is 28.9 Å². The maximum absolute atomic E-state index is 13.7. The van der Waals surface area contributed by atoms with Crippen molar-refractivity contribution in [2.45, 2.75) is 157 Å². The molecule has 1 saturated carbocycles. The van der Waals surface area contributed by atoms with Gasteiger partial charge in [0.2, 0.25) is 0 Å². The lowest BCUT2D eigenvalue weighted by molar-refractivity contribution is -0.233. The van der Waals surface area contributed by atoms with Gasteiger partial charge in [0.1, 0.15) is 5.69 Å². The molecular formula is C34H57F3N2O3. The first-order chi connectivity index (χ1) is 19.5. The molecule has 0 amide bonds. The van der Waals surface area contributed by atoms with Gasteiger partial charge in [0, 0.05) is 12.3 Å². The lowest BCUT2D eigenvalue weighted by atomic mass is 9.63. The molecule has 0 saturated heterocycles. The van der Waals surface area contributed by atoms with Crippen molar-refractivity contribution >= 4 is 11.9 Å². The molecule has 8 heteroatoms. The predicted octanol–water partition coefficient (Wildman–Crippen LogP) is 10.1. The van der Waals surface area contributed by atoms with Crippen LogP contribution in [0.3, 0.4) is 0 Å². The monoisotopic (exact) mass is 598 g/mol. The van der Waals surface area contributed by atoms with Gasteiger partial charge in [-0.2, -0.15) is 13.2 Å². The van der Waals surface area contributed by atoms with Gasteiger partial charge in [-0.3, -0.25) is 9.78 Å². The topological polar surface area (TPSA) is 61.3 Å². The minimum atomic E-state index is -4.28. The SMILES string of the molecule is CCCC.CCCC(COC(C)(C)C)C(CCCC(=O)c1cnc(/C=C(\C)C2(C(F)(F)F)CCC2)c(C)n1)OC(C)C. The molecule has 1 aromatic heterocycles. The average molecular weight is 599 g/mol. The third-order valence-corrected chi connectivity index (χ3v) is 7.88. The molecule has 2 unspecified atom stereocenters. The van der Waals surface area contributed by atoms with Crippen LogP contribution in [0.25, 0.3) is 6.08 Å². The van der Waals surface area contributed by atoms with E-state index in [2.05, 4.69) is 30.7 Å². The Balaban J connectivity index is 0.00000206. The standard InChI is InChI=1S/C30H47F3N2O3.C4H10/c1-9-12-23(19-37-28(6,7)8)27(38-20(2)3)14-10-13-26(36)25-18-34-24(22(5)35-25)17-21(4)29(15-11-16-29)30(31,32)33;1-3-4-2/h17-18,20,23,27H,9-16,19H2,1-8H3;3-4H2,1-2H3/b21-17+;. The largest absolute Gasteiger partial charge is 0.398 e. The number of carbonyl (C=O) groups is 1. The fourth-order valence-corrected chi connectivity index (χ4v) is 5.00. The number of ketones is 1. The zero-order valence-corrected chi connectivity index (χ0v) is 27.9. The second-order valence-electron chi connectivity index (χ2n) is 13.0. The Hall–Kier alpha value is -1.80. The van der Waals surface area contributed by atoms with Gasteiger partial charge in [0.05, 0.1) is 47.4 Å². The van der Waals surface area contributed by atoms with Gasteiger partial charge in [0.25, 0.3) is 0 Å². The number of carbonyl (C=O) groups excluding carboxylic acids is 1. The van der Waals surface area contributed by atoms with Crippen molar-refractivity contribution in [1.29, 1.82) is 0 Å². The summed E-state index contributed by atoms with van der Waals surface area (Å²) in [6.07, 6.45) is 5.72. The first-order valence-corrected chi connectivity index (χ1v) is 15.9. The second-order valence-corrected chi connectivity index (χ2v) is 13.0. The van der Waals surface area contributed by atoms with E-state index in [1.807, 2.05) is 34.6 Å². The van der Waals surface area contributed by atoms with Crippen LogP contribution in [0, 0.1) is 18.3 Å². The van der Waals surface area contributed by atoms with E-state index in [0.717, 1.165) is 19.3 Å². The first kappa shape index (κ1) is 38.2. The maximum Gasteiger partial charge on any atom is 0.398 e. The van der Waals surface area contributed by atoms with Gasteiger partial charge in [0.15, 0.2) is 5.78 Å². The molecule has 1 aromatic rings. The maximum atomic E-state index is 13.7. The third-order valence-electron chi connectivity index (χ3n) is 7.88.